The van der Waals surface area contributed by atoms with Crippen molar-refractivity contribution < 1.29 is 27.2 Å². The highest BCUT2D eigenvalue weighted by Crippen LogP contribution is 2.22. The molecule has 0 aromatic heterocycles. The van der Waals surface area contributed by atoms with E-state index in [0.717, 1.165) is 24.3 Å². The Kier molecular flexibility index (Phi) is 6.20. The Morgan fingerprint density at radius 2 is 1.66 bits per heavy atom. The number of carbonyl (C=O) groups excluding carboxylic acids is 1. The van der Waals surface area contributed by atoms with Gasteiger partial charge < -0.3 is 9.74 Å². The minimum Gasteiger partial charge on any atom is -0.390 e. The first-order valence-corrected chi connectivity index (χ1v) is 9.87. The van der Waals surface area contributed by atoms with Gasteiger partial charge in [-0.15, -0.1) is 0 Å². The van der Waals surface area contributed by atoms with Crippen molar-refractivity contribution in [2.45, 2.75) is 19.1 Å². The normalized spacial score (nSPS) is 15.2. The van der Waals surface area contributed by atoms with Gasteiger partial charge in [-0.2, -0.15) is 0 Å². The number of oxime groups is 1. The Balaban J connectivity index is 1.54. The lowest BCUT2D eigenvalue weighted by Crippen LogP contribution is -2.37. The third-order valence-corrected chi connectivity index (χ3v) is 5.10. The maximum Gasteiger partial charge on any atom is 0.254 e. The van der Waals surface area contributed by atoms with Gasteiger partial charge >= 0.3 is 0 Å². The van der Waals surface area contributed by atoms with Crippen LogP contribution in [0.4, 0.5) is 17.6 Å². The molecule has 1 aliphatic rings. The number of amides is 1. The molecule has 0 N–H and O–H groups in total. The lowest BCUT2D eigenvalue weighted by molar-refractivity contribution is 0.0403. The molecule has 164 valence electrons. The number of benzene rings is 3. The van der Waals surface area contributed by atoms with Crippen LogP contribution < -0.4 is 0 Å². The number of carbonyl (C=O) groups is 1. The predicted molar refractivity (Wildman–Crippen MR) is 110 cm³/mol. The van der Waals surface area contributed by atoms with Crippen LogP contribution in [0.3, 0.4) is 0 Å². The molecule has 8 heteroatoms. The molecular formula is C24H18F4N2O2. The Morgan fingerprint density at radius 3 is 2.38 bits per heavy atom. The van der Waals surface area contributed by atoms with E-state index >= 15 is 0 Å². The zero-order chi connectivity index (χ0) is 22.7. The fraction of sp³-hybridized carbons (Fsp3) is 0.167. The van der Waals surface area contributed by atoms with E-state index in [4.69, 9.17) is 4.84 Å². The number of halogens is 4. The van der Waals surface area contributed by atoms with Crippen LogP contribution in [0.25, 0.3) is 0 Å². The highest BCUT2D eigenvalue weighted by molar-refractivity contribution is 6.01. The van der Waals surface area contributed by atoms with E-state index in [1.165, 1.54) is 29.2 Å². The molecule has 1 aliphatic heterocycles. The summed E-state index contributed by atoms with van der Waals surface area (Å²) < 4.78 is 54.9. The molecule has 3 aromatic carbocycles. The second kappa shape index (κ2) is 9.21. The summed E-state index contributed by atoms with van der Waals surface area (Å²) in [6.45, 7) is -0.161. The van der Waals surface area contributed by atoms with Gasteiger partial charge in [0, 0.05) is 35.7 Å². The molecular weight excluding hydrogens is 424 g/mol. The van der Waals surface area contributed by atoms with Crippen LogP contribution >= 0.6 is 0 Å². The van der Waals surface area contributed by atoms with Crippen LogP contribution in [-0.2, 0) is 11.4 Å². The molecule has 1 heterocycles. The second-order valence-corrected chi connectivity index (χ2v) is 7.38. The molecule has 0 spiro atoms. The molecule has 0 radical (unpaired) electrons. The quantitative estimate of drug-likeness (QED) is 0.500. The first kappa shape index (κ1) is 21.5. The molecule has 0 fully saturated rings. The van der Waals surface area contributed by atoms with Crippen LogP contribution in [0.1, 0.15) is 27.9 Å². The fourth-order valence-electron chi connectivity index (χ4n) is 3.48. The zero-order valence-corrected chi connectivity index (χ0v) is 16.8. The molecule has 1 amide bonds. The Bertz CT molecular complexity index is 1160. The SMILES string of the molecule is O=C(c1ccc(F)cc1)N(Cc1ccc(F)cc1F)CC1CC(c2ccccc2F)=NO1. The van der Waals surface area contributed by atoms with Gasteiger partial charge in [-0.3, -0.25) is 4.79 Å². The molecule has 1 unspecified atom stereocenters. The van der Waals surface area contributed by atoms with Crippen molar-refractivity contribution >= 4 is 11.6 Å². The van der Waals surface area contributed by atoms with Gasteiger partial charge in [-0.1, -0.05) is 29.4 Å². The predicted octanol–water partition coefficient (Wildman–Crippen LogP) is 5.08. The topological polar surface area (TPSA) is 41.9 Å². The van der Waals surface area contributed by atoms with E-state index in [2.05, 4.69) is 5.16 Å². The average Bonchev–Trinajstić information content (AvgIpc) is 3.23. The summed E-state index contributed by atoms with van der Waals surface area (Å²) in [5.41, 5.74) is 1.00. The van der Waals surface area contributed by atoms with Gasteiger partial charge in [0.15, 0.2) is 6.10 Å². The third-order valence-electron chi connectivity index (χ3n) is 5.10. The first-order chi connectivity index (χ1) is 15.4. The molecule has 0 bridgehead atoms. The summed E-state index contributed by atoms with van der Waals surface area (Å²) in [5.74, 6) is -2.96. The molecule has 0 aliphatic carbocycles. The van der Waals surface area contributed by atoms with Crippen molar-refractivity contribution in [3.05, 3.63) is 107 Å². The smallest absolute Gasteiger partial charge is 0.254 e. The molecule has 3 aromatic rings. The Hall–Kier alpha value is -3.68. The van der Waals surface area contributed by atoms with Crippen LogP contribution in [0.15, 0.2) is 71.9 Å². The molecule has 1 atom stereocenters. The largest absolute Gasteiger partial charge is 0.390 e. The highest BCUT2D eigenvalue weighted by atomic mass is 19.1. The summed E-state index contributed by atoms with van der Waals surface area (Å²) in [6.07, 6.45) is -0.363. The van der Waals surface area contributed by atoms with Crippen LogP contribution in [0.5, 0.6) is 0 Å². The lowest BCUT2D eigenvalue weighted by Gasteiger charge is -2.25. The second-order valence-electron chi connectivity index (χ2n) is 7.38. The number of rotatable bonds is 6. The number of hydrogen-bond acceptors (Lipinski definition) is 3. The summed E-state index contributed by atoms with van der Waals surface area (Å²) in [5, 5.41) is 3.95. The van der Waals surface area contributed by atoms with Crippen LogP contribution in [0, 0.1) is 23.3 Å². The highest BCUT2D eigenvalue weighted by Gasteiger charge is 2.29. The van der Waals surface area contributed by atoms with Crippen LogP contribution in [0.2, 0.25) is 0 Å². The first-order valence-electron chi connectivity index (χ1n) is 9.87. The zero-order valence-electron chi connectivity index (χ0n) is 16.8. The molecule has 4 rings (SSSR count). The van der Waals surface area contributed by atoms with Crippen molar-refractivity contribution in [1.29, 1.82) is 0 Å². The fourth-order valence-corrected chi connectivity index (χ4v) is 3.48. The molecule has 32 heavy (non-hydrogen) atoms. The van der Waals surface area contributed by atoms with Crippen molar-refractivity contribution in [3.8, 4) is 0 Å². The number of nitrogens with zero attached hydrogens (tertiary/aromatic N) is 2. The maximum atomic E-state index is 14.2. The average molecular weight is 442 g/mol. The van der Waals surface area contributed by atoms with E-state index < -0.39 is 35.3 Å². The molecule has 4 nitrogen and oxygen atoms in total. The van der Waals surface area contributed by atoms with Crippen LogP contribution in [-0.4, -0.2) is 29.2 Å². The van der Waals surface area contributed by atoms with E-state index in [1.807, 2.05) is 0 Å². The third kappa shape index (κ3) is 4.80. The van der Waals surface area contributed by atoms with Crippen molar-refractivity contribution in [3.63, 3.8) is 0 Å². The van der Waals surface area contributed by atoms with E-state index in [1.54, 1.807) is 18.2 Å². The van der Waals surface area contributed by atoms with E-state index in [9.17, 15) is 22.4 Å². The minimum atomic E-state index is -0.794. The Labute approximate surface area is 181 Å². The van der Waals surface area contributed by atoms with Gasteiger partial charge in [-0.05, 0) is 36.4 Å². The lowest BCUT2D eigenvalue weighted by atomic mass is 10.0. The summed E-state index contributed by atoms with van der Waals surface area (Å²) in [6, 6.07) is 14.2. The summed E-state index contributed by atoms with van der Waals surface area (Å²) in [7, 11) is 0. The van der Waals surface area contributed by atoms with E-state index in [-0.39, 0.29) is 30.6 Å². The minimum absolute atomic E-state index is 0.00841. The summed E-state index contributed by atoms with van der Waals surface area (Å²) >= 11 is 0. The van der Waals surface area contributed by atoms with Gasteiger partial charge in [0.25, 0.3) is 5.91 Å². The van der Waals surface area contributed by atoms with Gasteiger partial charge in [0.05, 0.1) is 12.3 Å². The van der Waals surface area contributed by atoms with Crippen molar-refractivity contribution in [2.75, 3.05) is 6.54 Å². The van der Waals surface area contributed by atoms with Gasteiger partial charge in [-0.25, -0.2) is 17.6 Å². The maximum absolute atomic E-state index is 14.2. The monoisotopic (exact) mass is 442 g/mol. The van der Waals surface area contributed by atoms with Crippen molar-refractivity contribution in [1.82, 2.24) is 4.90 Å². The summed E-state index contributed by atoms with van der Waals surface area (Å²) in [4.78, 5) is 19.8. The molecule has 0 saturated heterocycles. The van der Waals surface area contributed by atoms with E-state index in [0.29, 0.717) is 11.3 Å². The van der Waals surface area contributed by atoms with Gasteiger partial charge in [0.1, 0.15) is 23.3 Å². The Morgan fingerprint density at radius 1 is 0.938 bits per heavy atom. The number of hydrogen-bond donors (Lipinski definition) is 0. The molecule has 0 saturated carbocycles. The standard InChI is InChI=1S/C24H18F4N2O2/c25-17-8-5-15(6-9-17)24(31)30(13-16-7-10-18(26)11-22(16)28)14-19-12-23(29-32-19)20-3-1-2-4-21(20)27/h1-11,19H,12-14H2. The van der Waals surface area contributed by atoms with Gasteiger partial charge in [0.2, 0.25) is 0 Å². The van der Waals surface area contributed by atoms with Crippen molar-refractivity contribution in [2.24, 2.45) is 5.16 Å².